The van der Waals surface area contributed by atoms with Crippen LogP contribution in [-0.2, 0) is 0 Å². The second-order valence-corrected chi connectivity index (χ2v) is 7.00. The third kappa shape index (κ3) is 4.39. The molecule has 0 amide bonds. The minimum Gasteiger partial charge on any atom is -0.368 e. The number of aromatic nitrogens is 2. The predicted molar refractivity (Wildman–Crippen MR) is 108 cm³/mol. The molecule has 27 heavy (non-hydrogen) atoms. The van der Waals surface area contributed by atoms with E-state index in [0.29, 0.717) is 23.9 Å². The van der Waals surface area contributed by atoms with Crippen molar-refractivity contribution in [3.63, 3.8) is 0 Å². The topological polar surface area (TPSA) is 87.4 Å². The van der Waals surface area contributed by atoms with Gasteiger partial charge in [-0.1, -0.05) is 24.6 Å². The van der Waals surface area contributed by atoms with Crippen LogP contribution in [0.15, 0.2) is 30.6 Å². The highest BCUT2D eigenvalue weighted by Crippen LogP contribution is 2.33. The monoisotopic (exact) mass is 390 g/mol. The third-order valence-corrected chi connectivity index (χ3v) is 4.97. The molecule has 8 nitrogen and oxygen atoms in total. The van der Waals surface area contributed by atoms with Gasteiger partial charge in [-0.05, 0) is 31.5 Å². The van der Waals surface area contributed by atoms with E-state index >= 15 is 0 Å². The van der Waals surface area contributed by atoms with Crippen molar-refractivity contribution in [3.8, 4) is 0 Å². The van der Waals surface area contributed by atoms with Gasteiger partial charge in [0, 0.05) is 42.9 Å². The molecule has 1 fully saturated rings. The van der Waals surface area contributed by atoms with Crippen molar-refractivity contribution < 1.29 is 4.92 Å². The average Bonchev–Trinajstić information content (AvgIpc) is 2.67. The van der Waals surface area contributed by atoms with Crippen molar-refractivity contribution in [1.82, 2.24) is 9.97 Å². The van der Waals surface area contributed by atoms with Crippen LogP contribution < -0.4 is 15.1 Å². The highest BCUT2D eigenvalue weighted by molar-refractivity contribution is 6.30. The van der Waals surface area contributed by atoms with E-state index in [1.165, 1.54) is 6.33 Å². The number of rotatable bonds is 6. The fourth-order valence-corrected chi connectivity index (χ4v) is 3.24. The number of hydrogen-bond donors (Lipinski definition) is 1. The molecular weight excluding hydrogens is 368 g/mol. The Balaban J connectivity index is 1.79. The smallest absolute Gasteiger partial charge is 0.353 e. The Morgan fingerprint density at radius 1 is 1.26 bits per heavy atom. The minimum atomic E-state index is -0.399. The second kappa shape index (κ2) is 8.39. The first-order valence-corrected chi connectivity index (χ1v) is 9.38. The van der Waals surface area contributed by atoms with Gasteiger partial charge in [0.25, 0.3) is 0 Å². The maximum Gasteiger partial charge on any atom is 0.353 e. The van der Waals surface area contributed by atoms with Crippen molar-refractivity contribution in [2.75, 3.05) is 41.3 Å². The Morgan fingerprint density at radius 2 is 1.96 bits per heavy atom. The van der Waals surface area contributed by atoms with E-state index in [9.17, 15) is 10.1 Å². The molecule has 1 aromatic carbocycles. The molecule has 9 heteroatoms. The van der Waals surface area contributed by atoms with Crippen LogP contribution in [0, 0.1) is 10.1 Å². The first kappa shape index (κ1) is 19.2. The average molecular weight is 391 g/mol. The molecule has 1 N–H and O–H groups in total. The highest BCUT2D eigenvalue weighted by Gasteiger charge is 2.29. The fourth-order valence-electron chi connectivity index (χ4n) is 3.06. The molecule has 0 saturated carbocycles. The molecule has 2 aromatic rings. The van der Waals surface area contributed by atoms with Gasteiger partial charge in [0.1, 0.15) is 6.33 Å². The van der Waals surface area contributed by atoms with Crippen molar-refractivity contribution in [2.45, 2.75) is 26.3 Å². The molecule has 0 spiro atoms. The number of anilines is 3. The zero-order valence-corrected chi connectivity index (χ0v) is 16.2. The lowest BCUT2D eigenvalue weighted by molar-refractivity contribution is -0.383. The molecule has 0 aliphatic carbocycles. The number of piperazine rings is 1. The molecule has 1 atom stereocenters. The molecule has 2 heterocycles. The standard InChI is InChI=1S/C18H23ClN6O2/c1-3-13(2)22-17-16(25(26)27)18(21-12-20-17)24-9-7-23(8-10-24)15-6-4-5-14(19)11-15/h4-6,11-13H,3,7-10H2,1-2H3,(H,20,21,22). The minimum absolute atomic E-state index is 0.0611. The van der Waals surface area contributed by atoms with Crippen LogP contribution in [0.25, 0.3) is 0 Å². The summed E-state index contributed by atoms with van der Waals surface area (Å²) in [5, 5.41) is 15.5. The molecule has 144 valence electrons. The lowest BCUT2D eigenvalue weighted by atomic mass is 10.2. The van der Waals surface area contributed by atoms with Gasteiger partial charge in [0.15, 0.2) is 0 Å². The molecular formula is C18H23ClN6O2. The quantitative estimate of drug-likeness (QED) is 0.595. The van der Waals surface area contributed by atoms with Crippen LogP contribution in [0.2, 0.25) is 5.02 Å². The van der Waals surface area contributed by atoms with Gasteiger partial charge in [-0.25, -0.2) is 9.97 Å². The molecule has 1 saturated heterocycles. The summed E-state index contributed by atoms with van der Waals surface area (Å²) in [7, 11) is 0. The summed E-state index contributed by atoms with van der Waals surface area (Å²) in [6, 6.07) is 7.80. The van der Waals surface area contributed by atoms with E-state index in [1.807, 2.05) is 43.0 Å². The number of hydrogen-bond acceptors (Lipinski definition) is 7. The Kier molecular flexibility index (Phi) is 5.95. The van der Waals surface area contributed by atoms with Gasteiger partial charge >= 0.3 is 5.69 Å². The maximum absolute atomic E-state index is 11.7. The van der Waals surface area contributed by atoms with E-state index in [0.717, 1.165) is 25.2 Å². The Bertz CT molecular complexity index is 810. The van der Waals surface area contributed by atoms with Crippen LogP contribution in [0.3, 0.4) is 0 Å². The molecule has 1 aliphatic rings. The summed E-state index contributed by atoms with van der Waals surface area (Å²) in [6.07, 6.45) is 2.23. The van der Waals surface area contributed by atoms with Crippen molar-refractivity contribution >= 4 is 34.6 Å². The summed E-state index contributed by atoms with van der Waals surface area (Å²) < 4.78 is 0. The van der Waals surface area contributed by atoms with Gasteiger partial charge in [-0.15, -0.1) is 0 Å². The van der Waals surface area contributed by atoms with Crippen LogP contribution >= 0.6 is 11.6 Å². The first-order valence-electron chi connectivity index (χ1n) is 9.01. The summed E-state index contributed by atoms with van der Waals surface area (Å²) in [6.45, 7) is 6.71. The maximum atomic E-state index is 11.7. The zero-order chi connectivity index (χ0) is 19.4. The third-order valence-electron chi connectivity index (χ3n) is 4.73. The molecule has 0 radical (unpaired) electrons. The number of nitro groups is 1. The summed E-state index contributed by atoms with van der Waals surface area (Å²) in [4.78, 5) is 23.8. The van der Waals surface area contributed by atoms with Crippen molar-refractivity contribution in [1.29, 1.82) is 0 Å². The van der Waals surface area contributed by atoms with Crippen LogP contribution in [-0.4, -0.2) is 47.1 Å². The highest BCUT2D eigenvalue weighted by atomic mass is 35.5. The molecule has 0 bridgehead atoms. The second-order valence-electron chi connectivity index (χ2n) is 6.56. The largest absolute Gasteiger partial charge is 0.368 e. The lowest BCUT2D eigenvalue weighted by Crippen LogP contribution is -2.47. The normalized spacial score (nSPS) is 15.5. The molecule has 1 aromatic heterocycles. The van der Waals surface area contributed by atoms with E-state index in [1.54, 1.807) is 0 Å². The zero-order valence-electron chi connectivity index (χ0n) is 15.4. The van der Waals surface area contributed by atoms with Crippen LogP contribution in [0.4, 0.5) is 23.0 Å². The molecule has 1 aliphatic heterocycles. The van der Waals surface area contributed by atoms with E-state index in [-0.39, 0.29) is 17.5 Å². The first-order chi connectivity index (χ1) is 13.0. The Labute approximate surface area is 163 Å². The number of nitrogens with zero attached hydrogens (tertiary/aromatic N) is 5. The lowest BCUT2D eigenvalue weighted by Gasteiger charge is -2.36. The fraction of sp³-hybridized carbons (Fsp3) is 0.444. The number of halogens is 1. The number of benzene rings is 1. The Morgan fingerprint density at radius 3 is 2.59 bits per heavy atom. The van der Waals surface area contributed by atoms with Gasteiger partial charge in [0.2, 0.25) is 11.6 Å². The van der Waals surface area contributed by atoms with Crippen LogP contribution in [0.1, 0.15) is 20.3 Å². The SMILES string of the molecule is CCC(C)Nc1ncnc(N2CCN(c3cccc(Cl)c3)CC2)c1[N+](=O)[O-]. The summed E-state index contributed by atoms with van der Waals surface area (Å²) in [5.74, 6) is 0.642. The Hall–Kier alpha value is -2.61. The number of nitrogens with one attached hydrogen (secondary N) is 1. The molecule has 3 rings (SSSR count). The summed E-state index contributed by atoms with van der Waals surface area (Å²) in [5.41, 5.74) is 0.993. The van der Waals surface area contributed by atoms with Crippen LogP contribution in [0.5, 0.6) is 0 Å². The summed E-state index contributed by atoms with van der Waals surface area (Å²) >= 11 is 6.08. The van der Waals surface area contributed by atoms with Gasteiger partial charge in [-0.2, -0.15) is 0 Å². The van der Waals surface area contributed by atoms with Crippen molar-refractivity contribution in [3.05, 3.63) is 45.7 Å². The van der Waals surface area contributed by atoms with E-state index in [4.69, 9.17) is 11.6 Å². The van der Waals surface area contributed by atoms with Gasteiger partial charge in [0.05, 0.1) is 4.92 Å². The predicted octanol–water partition coefficient (Wildman–Crippen LogP) is 3.58. The van der Waals surface area contributed by atoms with Gasteiger partial charge < -0.3 is 15.1 Å². The van der Waals surface area contributed by atoms with Gasteiger partial charge in [-0.3, -0.25) is 10.1 Å². The van der Waals surface area contributed by atoms with E-state index < -0.39 is 4.92 Å². The molecule has 1 unspecified atom stereocenters. The van der Waals surface area contributed by atoms with E-state index in [2.05, 4.69) is 20.2 Å². The van der Waals surface area contributed by atoms with Crippen molar-refractivity contribution in [2.24, 2.45) is 0 Å².